The standard InChI is InChI=1S/C64H116N2O19/c1-10-12-14-16-18-25-32-40-80-57(67)34-28-22-20-24-30-38-77-54-56(79-39-31-27-21-23-29-35-58(68)81-41-33-26-19-17-15-13-11-2)55-78-49-48-75-45-44-74-46-47-76-50-51-83-60(70)53-66(62(72)85-64(6,7)8)37-43-82-59(69)52-65(36-42-73-9)61(71)84-63(3,4)5/h25-26,32-33,56H,10-24,27-31,34-55H2,1-9H3/b32-25-,33-26-. The highest BCUT2D eigenvalue weighted by Gasteiger charge is 2.27. The Bertz CT molecular complexity index is 1720. The van der Waals surface area contributed by atoms with Crippen molar-refractivity contribution < 1.29 is 90.3 Å². The smallest absolute Gasteiger partial charge is 0.410 e. The van der Waals surface area contributed by atoms with Crippen LogP contribution in [0, 0.1) is 0 Å². The van der Waals surface area contributed by atoms with E-state index in [1.807, 2.05) is 12.2 Å². The number of hydrogen-bond acceptors (Lipinski definition) is 19. The molecular formula is C64H116N2O19. The fourth-order valence-electron chi connectivity index (χ4n) is 7.78. The minimum absolute atomic E-state index is 0.0718. The number of unbranched alkanes of at least 4 members (excludes halogenated alkanes) is 16. The Balaban J connectivity index is 4.59. The molecule has 85 heavy (non-hydrogen) atoms. The second-order valence-electron chi connectivity index (χ2n) is 22.8. The third kappa shape index (κ3) is 57.1. The number of amides is 2. The van der Waals surface area contributed by atoms with Crippen molar-refractivity contribution in [2.24, 2.45) is 0 Å². The van der Waals surface area contributed by atoms with E-state index >= 15 is 0 Å². The fourth-order valence-corrected chi connectivity index (χ4v) is 7.78. The first-order valence-electron chi connectivity index (χ1n) is 31.8. The molecule has 0 aliphatic carbocycles. The molecule has 0 rings (SSSR count). The SMILES string of the molecule is CCCCCC/C=C\COC(=O)CCCCCCCOCC(COCCOCCOCCOCCOC(=O)CN(CCOC(=O)CN(CCOC)C(=O)OC(C)(C)C)C(=O)OC(C)(C)C)OCCCCCCCC(=O)OC/C=C\CCCCCC. The van der Waals surface area contributed by atoms with Gasteiger partial charge < -0.3 is 61.6 Å². The van der Waals surface area contributed by atoms with Crippen LogP contribution in [0.5, 0.6) is 0 Å². The van der Waals surface area contributed by atoms with Crippen molar-refractivity contribution in [1.82, 2.24) is 9.80 Å². The number of carbonyl (C=O) groups is 6. The van der Waals surface area contributed by atoms with Crippen LogP contribution in [0.4, 0.5) is 9.59 Å². The molecule has 1 atom stereocenters. The van der Waals surface area contributed by atoms with Gasteiger partial charge in [-0.2, -0.15) is 0 Å². The summed E-state index contributed by atoms with van der Waals surface area (Å²) in [5, 5.41) is 0. The van der Waals surface area contributed by atoms with Crippen LogP contribution in [0.15, 0.2) is 24.3 Å². The Labute approximate surface area is 511 Å². The third-order valence-corrected chi connectivity index (χ3v) is 12.4. The van der Waals surface area contributed by atoms with Crippen LogP contribution in [0.1, 0.15) is 197 Å². The van der Waals surface area contributed by atoms with E-state index in [-0.39, 0.29) is 64.2 Å². The van der Waals surface area contributed by atoms with Gasteiger partial charge in [0.15, 0.2) is 0 Å². The largest absolute Gasteiger partial charge is 0.462 e. The Hall–Kier alpha value is -4.38. The number of carbonyl (C=O) groups excluding carboxylic acids is 6. The van der Waals surface area contributed by atoms with Gasteiger partial charge in [-0.15, -0.1) is 0 Å². The Morgan fingerprint density at radius 3 is 1.24 bits per heavy atom. The zero-order valence-corrected chi connectivity index (χ0v) is 54.2. The number of methoxy groups -OCH3 is 1. The van der Waals surface area contributed by atoms with Gasteiger partial charge in [-0.1, -0.05) is 115 Å². The van der Waals surface area contributed by atoms with E-state index in [0.29, 0.717) is 85.5 Å². The molecule has 0 aliphatic heterocycles. The number of ether oxygens (including phenoxy) is 13. The Kier molecular flexibility index (Phi) is 53.3. The van der Waals surface area contributed by atoms with Crippen molar-refractivity contribution in [1.29, 1.82) is 0 Å². The van der Waals surface area contributed by atoms with E-state index in [1.165, 1.54) is 58.5 Å². The van der Waals surface area contributed by atoms with E-state index in [0.717, 1.165) is 86.8 Å². The van der Waals surface area contributed by atoms with Crippen molar-refractivity contribution in [2.75, 3.05) is 139 Å². The first kappa shape index (κ1) is 80.6. The average molecular weight is 1220 g/mol. The van der Waals surface area contributed by atoms with Crippen LogP contribution >= 0.6 is 0 Å². The summed E-state index contributed by atoms with van der Waals surface area (Å²) in [4.78, 5) is 77.4. The predicted molar refractivity (Wildman–Crippen MR) is 326 cm³/mol. The zero-order chi connectivity index (χ0) is 62.9. The molecular weight excluding hydrogens is 1100 g/mol. The lowest BCUT2D eigenvalue weighted by Gasteiger charge is -2.27. The predicted octanol–water partition coefficient (Wildman–Crippen LogP) is 11.5. The van der Waals surface area contributed by atoms with Crippen molar-refractivity contribution in [3.05, 3.63) is 24.3 Å². The van der Waals surface area contributed by atoms with Gasteiger partial charge in [-0.3, -0.25) is 29.0 Å². The molecule has 0 aromatic rings. The van der Waals surface area contributed by atoms with Crippen LogP contribution in [0.2, 0.25) is 0 Å². The highest BCUT2D eigenvalue weighted by Crippen LogP contribution is 2.14. The van der Waals surface area contributed by atoms with Gasteiger partial charge in [0.25, 0.3) is 0 Å². The lowest BCUT2D eigenvalue weighted by molar-refractivity contribution is -0.148. The molecule has 21 nitrogen and oxygen atoms in total. The molecule has 0 N–H and O–H groups in total. The minimum atomic E-state index is -0.859. The Morgan fingerprint density at radius 2 is 0.776 bits per heavy atom. The maximum atomic E-state index is 12.9. The first-order valence-corrected chi connectivity index (χ1v) is 31.8. The van der Waals surface area contributed by atoms with Crippen LogP contribution < -0.4 is 0 Å². The minimum Gasteiger partial charge on any atom is -0.462 e. The fraction of sp³-hybridized carbons (Fsp3) is 0.844. The molecule has 2 amide bonds. The zero-order valence-electron chi connectivity index (χ0n) is 54.2. The molecule has 0 saturated heterocycles. The van der Waals surface area contributed by atoms with Gasteiger partial charge in [-0.25, -0.2) is 9.59 Å². The number of esters is 4. The van der Waals surface area contributed by atoms with E-state index in [4.69, 9.17) is 61.6 Å². The molecule has 0 aromatic heterocycles. The highest BCUT2D eigenvalue weighted by molar-refractivity contribution is 5.79. The monoisotopic (exact) mass is 1220 g/mol. The number of hydrogen-bond donors (Lipinski definition) is 0. The summed E-state index contributed by atoms with van der Waals surface area (Å²) in [6.45, 7) is 18.2. The maximum Gasteiger partial charge on any atom is 0.410 e. The lowest BCUT2D eigenvalue weighted by Crippen LogP contribution is -2.43. The van der Waals surface area contributed by atoms with Gasteiger partial charge in [0.05, 0.1) is 72.6 Å². The molecule has 0 radical (unpaired) electrons. The quantitative estimate of drug-likeness (QED) is 0.0238. The Morgan fingerprint density at radius 1 is 0.388 bits per heavy atom. The highest BCUT2D eigenvalue weighted by atomic mass is 16.6. The third-order valence-electron chi connectivity index (χ3n) is 12.4. The maximum absolute atomic E-state index is 12.9. The van der Waals surface area contributed by atoms with E-state index in [9.17, 15) is 28.8 Å². The van der Waals surface area contributed by atoms with Gasteiger partial charge in [0.2, 0.25) is 0 Å². The van der Waals surface area contributed by atoms with Crippen molar-refractivity contribution in [2.45, 2.75) is 214 Å². The van der Waals surface area contributed by atoms with Crippen LogP contribution in [0.3, 0.4) is 0 Å². The lowest BCUT2D eigenvalue weighted by atomic mass is 10.1. The summed E-state index contributed by atoms with van der Waals surface area (Å²) in [5.41, 5.74) is -1.64. The number of rotatable bonds is 57. The topological polar surface area (TPSA) is 229 Å². The first-order chi connectivity index (χ1) is 40.9. The second-order valence-corrected chi connectivity index (χ2v) is 22.8. The summed E-state index contributed by atoms with van der Waals surface area (Å²) in [6.07, 6.45) is 28.6. The molecule has 0 aliphatic rings. The summed E-state index contributed by atoms with van der Waals surface area (Å²) in [5.74, 6) is -1.74. The van der Waals surface area contributed by atoms with Crippen molar-refractivity contribution in [3.8, 4) is 0 Å². The molecule has 0 saturated carbocycles. The van der Waals surface area contributed by atoms with E-state index < -0.39 is 48.4 Å². The molecule has 0 spiro atoms. The van der Waals surface area contributed by atoms with Gasteiger partial charge >= 0.3 is 36.1 Å². The molecule has 496 valence electrons. The summed E-state index contributed by atoms with van der Waals surface area (Å²) in [6, 6.07) is 0. The molecule has 0 bridgehead atoms. The number of allylic oxidation sites excluding steroid dienone is 2. The number of nitrogens with zero attached hydrogens (tertiary/aromatic N) is 2. The van der Waals surface area contributed by atoms with Crippen LogP contribution in [0.25, 0.3) is 0 Å². The average Bonchev–Trinajstić information content (AvgIpc) is 3.45. The van der Waals surface area contributed by atoms with Gasteiger partial charge in [-0.05, 0) is 92.9 Å². The van der Waals surface area contributed by atoms with Crippen molar-refractivity contribution in [3.63, 3.8) is 0 Å². The van der Waals surface area contributed by atoms with E-state index in [2.05, 4.69) is 26.0 Å². The normalized spacial score (nSPS) is 12.2. The second kappa shape index (κ2) is 56.2. The summed E-state index contributed by atoms with van der Waals surface area (Å²) < 4.78 is 72.1. The van der Waals surface area contributed by atoms with Crippen LogP contribution in [-0.4, -0.2) is 202 Å². The van der Waals surface area contributed by atoms with Gasteiger partial charge in [0, 0.05) is 39.7 Å². The molecule has 1 unspecified atom stereocenters. The molecule has 21 heteroatoms. The summed E-state index contributed by atoms with van der Waals surface area (Å²) >= 11 is 0. The summed E-state index contributed by atoms with van der Waals surface area (Å²) in [7, 11) is 1.47. The van der Waals surface area contributed by atoms with Gasteiger partial charge in [0.1, 0.15) is 56.8 Å². The van der Waals surface area contributed by atoms with E-state index in [1.54, 1.807) is 41.5 Å². The van der Waals surface area contributed by atoms with Crippen molar-refractivity contribution >= 4 is 36.1 Å². The molecule has 0 aromatic carbocycles. The van der Waals surface area contributed by atoms with Crippen LogP contribution in [-0.2, 0) is 80.8 Å². The molecule has 0 heterocycles. The molecule has 0 fully saturated rings.